The Labute approximate surface area is 130 Å². The third-order valence-electron chi connectivity index (χ3n) is 4.31. The van der Waals surface area contributed by atoms with Crippen LogP contribution in [0.5, 0.6) is 0 Å². The van der Waals surface area contributed by atoms with Gasteiger partial charge in [-0.05, 0) is 19.4 Å². The molecule has 0 aromatic carbocycles. The van der Waals surface area contributed by atoms with E-state index in [-0.39, 0.29) is 5.91 Å². The monoisotopic (exact) mass is 305 g/mol. The first kappa shape index (κ1) is 15.2. The van der Waals surface area contributed by atoms with Gasteiger partial charge >= 0.3 is 0 Å². The Morgan fingerprint density at radius 3 is 2.91 bits per heavy atom. The summed E-state index contributed by atoms with van der Waals surface area (Å²) in [6, 6.07) is 2.09. The van der Waals surface area contributed by atoms with Crippen molar-refractivity contribution < 1.29 is 9.53 Å². The predicted octanol–water partition coefficient (Wildman–Crippen LogP) is -0.0221. The highest BCUT2D eigenvalue weighted by atomic mass is 16.5. The lowest BCUT2D eigenvalue weighted by atomic mass is 9.94. The van der Waals surface area contributed by atoms with Crippen LogP contribution in [-0.2, 0) is 9.53 Å². The summed E-state index contributed by atoms with van der Waals surface area (Å²) in [4.78, 5) is 24.3. The van der Waals surface area contributed by atoms with Crippen molar-refractivity contribution in [1.82, 2.24) is 14.9 Å². The van der Waals surface area contributed by atoms with Gasteiger partial charge in [0.1, 0.15) is 12.1 Å². The van der Waals surface area contributed by atoms with Gasteiger partial charge in [0, 0.05) is 31.6 Å². The second-order valence-electron chi connectivity index (χ2n) is 5.94. The maximum absolute atomic E-state index is 11.1. The highest BCUT2D eigenvalue weighted by Crippen LogP contribution is 2.27. The molecule has 22 heavy (non-hydrogen) atoms. The summed E-state index contributed by atoms with van der Waals surface area (Å²) in [7, 11) is 0. The molecule has 0 bridgehead atoms. The molecule has 2 aliphatic rings. The van der Waals surface area contributed by atoms with Crippen molar-refractivity contribution in [2.75, 3.05) is 50.8 Å². The largest absolute Gasteiger partial charge is 0.378 e. The number of primary amides is 1. The van der Waals surface area contributed by atoms with Crippen molar-refractivity contribution in [1.29, 1.82) is 0 Å². The second kappa shape index (κ2) is 7.02. The van der Waals surface area contributed by atoms with E-state index in [9.17, 15) is 4.79 Å². The third-order valence-corrected chi connectivity index (χ3v) is 4.31. The Morgan fingerprint density at radius 2 is 2.14 bits per heavy atom. The van der Waals surface area contributed by atoms with Gasteiger partial charge in [0.25, 0.3) is 0 Å². The van der Waals surface area contributed by atoms with Gasteiger partial charge in [0.05, 0.1) is 25.5 Å². The van der Waals surface area contributed by atoms with Gasteiger partial charge in [-0.1, -0.05) is 0 Å². The molecule has 2 N–H and O–H groups in total. The summed E-state index contributed by atoms with van der Waals surface area (Å²) in [6.07, 6.45) is 3.80. The number of ether oxygens (including phenoxy) is 1. The van der Waals surface area contributed by atoms with Gasteiger partial charge < -0.3 is 15.4 Å². The van der Waals surface area contributed by atoms with Crippen LogP contribution in [0.4, 0.5) is 5.82 Å². The SMILES string of the molecule is NC(=O)CN1CCC[C@@H](c2cc(N3CCOCC3)ncn2)C1. The van der Waals surface area contributed by atoms with Gasteiger partial charge in [-0.2, -0.15) is 0 Å². The number of morpholine rings is 1. The number of carbonyl (C=O) groups excluding carboxylic acids is 1. The summed E-state index contributed by atoms with van der Waals surface area (Å²) < 4.78 is 5.38. The molecule has 2 aliphatic heterocycles. The molecule has 1 atom stereocenters. The number of piperidine rings is 1. The molecule has 7 heteroatoms. The molecule has 1 aromatic heterocycles. The Balaban J connectivity index is 1.69. The molecule has 7 nitrogen and oxygen atoms in total. The number of aromatic nitrogens is 2. The highest BCUT2D eigenvalue weighted by molar-refractivity contribution is 5.75. The average Bonchev–Trinajstić information content (AvgIpc) is 2.55. The van der Waals surface area contributed by atoms with E-state index in [1.165, 1.54) is 0 Å². The summed E-state index contributed by atoms with van der Waals surface area (Å²) in [5.74, 6) is 1.05. The van der Waals surface area contributed by atoms with E-state index in [2.05, 4.69) is 25.8 Å². The van der Waals surface area contributed by atoms with Crippen LogP contribution < -0.4 is 10.6 Å². The lowest BCUT2D eigenvalue weighted by molar-refractivity contribution is -0.119. The molecule has 1 aromatic rings. The van der Waals surface area contributed by atoms with E-state index in [1.807, 2.05) is 0 Å². The number of nitrogens with zero attached hydrogens (tertiary/aromatic N) is 4. The first-order valence-electron chi connectivity index (χ1n) is 7.87. The zero-order chi connectivity index (χ0) is 15.4. The Bertz CT molecular complexity index is 518. The normalized spacial score (nSPS) is 23.5. The number of rotatable bonds is 4. The number of nitrogens with two attached hydrogens (primary N) is 1. The minimum absolute atomic E-state index is 0.266. The Kier molecular flexibility index (Phi) is 4.84. The fourth-order valence-corrected chi connectivity index (χ4v) is 3.21. The quantitative estimate of drug-likeness (QED) is 0.841. The fraction of sp³-hybridized carbons (Fsp3) is 0.667. The van der Waals surface area contributed by atoms with E-state index in [1.54, 1.807) is 6.33 Å². The Morgan fingerprint density at radius 1 is 1.32 bits per heavy atom. The number of hydrogen-bond donors (Lipinski definition) is 1. The van der Waals surface area contributed by atoms with Gasteiger partial charge in [0.2, 0.25) is 5.91 Å². The second-order valence-corrected chi connectivity index (χ2v) is 5.94. The van der Waals surface area contributed by atoms with Crippen LogP contribution in [-0.4, -0.2) is 66.7 Å². The minimum atomic E-state index is -0.266. The molecule has 3 rings (SSSR count). The van der Waals surface area contributed by atoms with Crippen LogP contribution in [0.3, 0.4) is 0 Å². The van der Waals surface area contributed by atoms with Crippen molar-refractivity contribution >= 4 is 11.7 Å². The molecule has 0 spiro atoms. The average molecular weight is 305 g/mol. The maximum atomic E-state index is 11.1. The number of amides is 1. The van der Waals surface area contributed by atoms with Crippen LogP contribution in [0.1, 0.15) is 24.5 Å². The van der Waals surface area contributed by atoms with E-state index < -0.39 is 0 Å². The van der Waals surface area contributed by atoms with E-state index in [4.69, 9.17) is 10.5 Å². The highest BCUT2D eigenvalue weighted by Gasteiger charge is 2.24. The maximum Gasteiger partial charge on any atom is 0.231 e. The fourth-order valence-electron chi connectivity index (χ4n) is 3.21. The van der Waals surface area contributed by atoms with Crippen LogP contribution in [0.25, 0.3) is 0 Å². The molecule has 3 heterocycles. The molecule has 0 saturated carbocycles. The molecule has 120 valence electrons. The van der Waals surface area contributed by atoms with Gasteiger partial charge in [-0.25, -0.2) is 9.97 Å². The van der Waals surface area contributed by atoms with Crippen molar-refractivity contribution in [3.63, 3.8) is 0 Å². The van der Waals surface area contributed by atoms with E-state index in [0.29, 0.717) is 12.5 Å². The van der Waals surface area contributed by atoms with Gasteiger partial charge in [-0.15, -0.1) is 0 Å². The molecular formula is C15H23N5O2. The van der Waals surface area contributed by atoms with Crippen molar-refractivity contribution in [2.45, 2.75) is 18.8 Å². The molecular weight excluding hydrogens is 282 g/mol. The first-order chi connectivity index (χ1) is 10.7. The van der Waals surface area contributed by atoms with Gasteiger partial charge in [0.15, 0.2) is 0 Å². The summed E-state index contributed by atoms with van der Waals surface area (Å²) in [6.45, 7) is 5.33. The summed E-state index contributed by atoms with van der Waals surface area (Å²) in [5.41, 5.74) is 6.37. The zero-order valence-corrected chi connectivity index (χ0v) is 12.8. The number of likely N-dealkylation sites (tertiary alicyclic amines) is 1. The third kappa shape index (κ3) is 3.72. The standard InChI is InChI=1S/C15H23N5O2/c16-14(21)10-19-3-1-2-12(9-19)13-8-15(18-11-17-13)20-4-6-22-7-5-20/h8,11-12H,1-7,9-10H2,(H2,16,21)/t12-/m1/s1. The smallest absolute Gasteiger partial charge is 0.231 e. The lowest BCUT2D eigenvalue weighted by Gasteiger charge is -2.32. The number of hydrogen-bond acceptors (Lipinski definition) is 6. The van der Waals surface area contributed by atoms with Crippen LogP contribution in [0.15, 0.2) is 12.4 Å². The van der Waals surface area contributed by atoms with E-state index >= 15 is 0 Å². The summed E-state index contributed by atoms with van der Waals surface area (Å²) in [5, 5.41) is 0. The molecule has 0 unspecified atom stereocenters. The van der Waals surface area contributed by atoms with Crippen molar-refractivity contribution in [3.05, 3.63) is 18.1 Å². The van der Waals surface area contributed by atoms with E-state index in [0.717, 1.165) is 63.7 Å². The molecule has 0 radical (unpaired) electrons. The van der Waals surface area contributed by atoms with Crippen LogP contribution in [0, 0.1) is 0 Å². The zero-order valence-electron chi connectivity index (χ0n) is 12.8. The predicted molar refractivity (Wildman–Crippen MR) is 82.7 cm³/mol. The number of anilines is 1. The van der Waals surface area contributed by atoms with Crippen molar-refractivity contribution in [2.24, 2.45) is 5.73 Å². The van der Waals surface area contributed by atoms with Crippen molar-refractivity contribution in [3.8, 4) is 0 Å². The first-order valence-corrected chi connectivity index (χ1v) is 7.87. The van der Waals surface area contributed by atoms with Crippen LogP contribution in [0.2, 0.25) is 0 Å². The number of carbonyl (C=O) groups is 1. The molecule has 1 amide bonds. The summed E-state index contributed by atoms with van der Waals surface area (Å²) >= 11 is 0. The molecule has 0 aliphatic carbocycles. The molecule has 2 fully saturated rings. The lowest BCUT2D eigenvalue weighted by Crippen LogP contribution is -2.40. The topological polar surface area (TPSA) is 84.6 Å². The van der Waals surface area contributed by atoms with Gasteiger partial charge in [-0.3, -0.25) is 9.69 Å². The molecule has 2 saturated heterocycles. The van der Waals surface area contributed by atoms with Crippen LogP contribution >= 0.6 is 0 Å². The minimum Gasteiger partial charge on any atom is -0.378 e. The Hall–Kier alpha value is -1.73.